The normalized spacial score (nSPS) is 12.3. The number of carbonyl (C=O) groups excluding carboxylic acids is 1. The smallest absolute Gasteiger partial charge is 0.238 e. The van der Waals surface area contributed by atoms with E-state index in [9.17, 15) is 13.2 Å². The Kier molecular flexibility index (Phi) is 7.04. The highest BCUT2D eigenvalue weighted by Gasteiger charge is 2.19. The summed E-state index contributed by atoms with van der Waals surface area (Å²) in [6, 6.07) is 11.6. The molecule has 0 saturated carbocycles. The summed E-state index contributed by atoms with van der Waals surface area (Å²) in [7, 11) is 1.05. The lowest BCUT2D eigenvalue weighted by Crippen LogP contribution is -2.30. The molecule has 0 spiro atoms. The van der Waals surface area contributed by atoms with E-state index in [0.717, 1.165) is 5.56 Å². The predicted molar refractivity (Wildman–Crippen MR) is 107 cm³/mol. The number of ether oxygens (including phenoxy) is 2. The zero-order valence-corrected chi connectivity index (χ0v) is 17.3. The van der Waals surface area contributed by atoms with Crippen LogP contribution in [0.25, 0.3) is 0 Å². The number of methoxy groups -OCH3 is 2. The third kappa shape index (κ3) is 5.24. The van der Waals surface area contributed by atoms with E-state index < -0.39 is 10.0 Å². The maximum absolute atomic E-state index is 12.6. The van der Waals surface area contributed by atoms with E-state index in [0.29, 0.717) is 29.9 Å². The average Bonchev–Trinajstić information content (AvgIpc) is 2.69. The second kappa shape index (κ2) is 9.07. The number of rotatable bonds is 8. The third-order valence-corrected chi connectivity index (χ3v) is 5.63. The molecule has 0 aliphatic heterocycles. The maximum Gasteiger partial charge on any atom is 0.238 e. The Morgan fingerprint density at radius 1 is 1.11 bits per heavy atom. The van der Waals surface area contributed by atoms with Crippen LogP contribution in [0.2, 0.25) is 0 Å². The van der Waals surface area contributed by atoms with E-state index in [2.05, 4.69) is 0 Å². The molecule has 7 nitrogen and oxygen atoms in total. The highest BCUT2D eigenvalue weighted by molar-refractivity contribution is 7.89. The fraction of sp³-hybridized carbons (Fsp3) is 0.350. The monoisotopic (exact) mass is 406 g/mol. The zero-order chi connectivity index (χ0) is 20.9. The molecule has 2 rings (SSSR count). The van der Waals surface area contributed by atoms with Gasteiger partial charge in [0.25, 0.3) is 0 Å². The molecule has 1 unspecified atom stereocenters. The van der Waals surface area contributed by atoms with Gasteiger partial charge < -0.3 is 14.4 Å². The van der Waals surface area contributed by atoms with Crippen molar-refractivity contribution in [3.8, 4) is 11.5 Å². The molecule has 0 aromatic heterocycles. The fourth-order valence-electron chi connectivity index (χ4n) is 2.85. The van der Waals surface area contributed by atoms with Crippen molar-refractivity contribution >= 4 is 15.9 Å². The van der Waals surface area contributed by atoms with Gasteiger partial charge in [0.2, 0.25) is 15.9 Å². The second-order valence-corrected chi connectivity index (χ2v) is 8.05. The number of sulfonamides is 1. The van der Waals surface area contributed by atoms with Crippen molar-refractivity contribution in [2.75, 3.05) is 21.3 Å². The van der Waals surface area contributed by atoms with Gasteiger partial charge in [-0.1, -0.05) is 18.2 Å². The van der Waals surface area contributed by atoms with Gasteiger partial charge in [-0.3, -0.25) is 4.79 Å². The molecule has 0 aliphatic carbocycles. The van der Waals surface area contributed by atoms with E-state index in [-0.39, 0.29) is 16.8 Å². The minimum absolute atomic E-state index is 0.0306. The molecule has 0 radical (unpaired) electrons. The van der Waals surface area contributed by atoms with E-state index >= 15 is 0 Å². The summed E-state index contributed by atoms with van der Waals surface area (Å²) in [6.07, 6.45) is 0.860. The van der Waals surface area contributed by atoms with Crippen LogP contribution in [0.5, 0.6) is 11.5 Å². The van der Waals surface area contributed by atoms with Gasteiger partial charge in [0.1, 0.15) is 0 Å². The summed E-state index contributed by atoms with van der Waals surface area (Å²) in [5.74, 6) is 1.20. The molecule has 0 saturated heterocycles. The van der Waals surface area contributed by atoms with Gasteiger partial charge in [-0.2, -0.15) is 0 Å². The predicted octanol–water partition coefficient (Wildman–Crippen LogP) is 2.50. The molecule has 152 valence electrons. The Balaban J connectivity index is 2.06. The van der Waals surface area contributed by atoms with E-state index in [4.69, 9.17) is 14.6 Å². The molecule has 0 aliphatic rings. The Hall–Kier alpha value is -2.58. The van der Waals surface area contributed by atoms with Crippen molar-refractivity contribution in [3.05, 3.63) is 53.6 Å². The minimum atomic E-state index is -3.79. The quantitative estimate of drug-likeness (QED) is 0.726. The molecule has 2 aromatic carbocycles. The Morgan fingerprint density at radius 2 is 1.79 bits per heavy atom. The topological polar surface area (TPSA) is 98.9 Å². The van der Waals surface area contributed by atoms with Crippen LogP contribution in [0.15, 0.2) is 47.4 Å². The number of hydrogen-bond donors (Lipinski definition) is 1. The number of nitrogens with zero attached hydrogens (tertiary/aromatic N) is 1. The Morgan fingerprint density at radius 3 is 2.39 bits per heavy atom. The standard InChI is InChI=1S/C20H26N2O5S/c1-14(16-6-5-7-17(13-16)28(21,24)25)22(2)20(23)11-9-15-8-10-18(26-3)19(12-15)27-4/h5-8,10,12-14H,9,11H2,1-4H3,(H2,21,24,25). The van der Waals surface area contributed by atoms with Crippen LogP contribution >= 0.6 is 0 Å². The van der Waals surface area contributed by atoms with Crippen LogP contribution in [0.1, 0.15) is 30.5 Å². The van der Waals surface area contributed by atoms with Gasteiger partial charge in [0.15, 0.2) is 11.5 Å². The van der Waals surface area contributed by atoms with Crippen LogP contribution in [0, 0.1) is 0 Å². The van der Waals surface area contributed by atoms with Crippen LogP contribution in [-0.2, 0) is 21.2 Å². The highest BCUT2D eigenvalue weighted by Crippen LogP contribution is 2.28. The van der Waals surface area contributed by atoms with Crippen LogP contribution in [0.4, 0.5) is 0 Å². The van der Waals surface area contributed by atoms with Gasteiger partial charge in [0.05, 0.1) is 25.2 Å². The summed E-state index contributed by atoms with van der Waals surface area (Å²) in [6.45, 7) is 1.84. The first-order valence-corrected chi connectivity index (χ1v) is 10.3. The molecular formula is C20H26N2O5S. The average molecular weight is 407 g/mol. The maximum atomic E-state index is 12.6. The summed E-state index contributed by atoms with van der Waals surface area (Å²) in [4.78, 5) is 14.2. The highest BCUT2D eigenvalue weighted by atomic mass is 32.2. The first kappa shape index (κ1) is 21.7. The van der Waals surface area contributed by atoms with Crippen molar-refractivity contribution in [3.63, 3.8) is 0 Å². The van der Waals surface area contributed by atoms with Crippen LogP contribution in [-0.4, -0.2) is 40.5 Å². The molecule has 28 heavy (non-hydrogen) atoms. The largest absolute Gasteiger partial charge is 0.493 e. The van der Waals surface area contributed by atoms with E-state index in [1.54, 1.807) is 38.3 Å². The van der Waals surface area contributed by atoms with Gasteiger partial charge in [-0.15, -0.1) is 0 Å². The van der Waals surface area contributed by atoms with Gasteiger partial charge in [-0.25, -0.2) is 13.6 Å². The minimum Gasteiger partial charge on any atom is -0.493 e. The third-order valence-electron chi connectivity index (χ3n) is 4.72. The van der Waals surface area contributed by atoms with Crippen LogP contribution in [0.3, 0.4) is 0 Å². The molecule has 1 amide bonds. The summed E-state index contributed by atoms with van der Waals surface area (Å²) >= 11 is 0. The first-order valence-electron chi connectivity index (χ1n) is 8.76. The Labute approximate surface area is 166 Å². The molecule has 0 bridgehead atoms. The Bertz CT molecular complexity index is 943. The summed E-state index contributed by atoms with van der Waals surface area (Å²) in [5, 5.41) is 5.19. The molecular weight excluding hydrogens is 380 g/mol. The number of primary sulfonamides is 1. The SMILES string of the molecule is COc1ccc(CCC(=O)N(C)C(C)c2cccc(S(N)(=O)=O)c2)cc1OC. The number of hydrogen-bond acceptors (Lipinski definition) is 5. The number of nitrogens with two attached hydrogens (primary N) is 1. The number of aryl methyl sites for hydroxylation is 1. The first-order chi connectivity index (χ1) is 13.2. The molecule has 0 fully saturated rings. The number of benzene rings is 2. The van der Waals surface area contributed by atoms with Crippen molar-refractivity contribution in [1.82, 2.24) is 4.90 Å². The number of amides is 1. The lowest BCUT2D eigenvalue weighted by Gasteiger charge is -2.26. The van der Waals surface area contributed by atoms with Gasteiger partial charge in [-0.05, 0) is 48.7 Å². The molecule has 2 aromatic rings. The van der Waals surface area contributed by atoms with Gasteiger partial charge >= 0.3 is 0 Å². The van der Waals surface area contributed by atoms with Crippen molar-refractivity contribution < 1.29 is 22.7 Å². The van der Waals surface area contributed by atoms with E-state index in [1.807, 2.05) is 25.1 Å². The molecule has 2 N–H and O–H groups in total. The van der Waals surface area contributed by atoms with E-state index in [1.165, 1.54) is 12.1 Å². The summed E-state index contributed by atoms with van der Waals surface area (Å²) in [5.41, 5.74) is 1.66. The molecule has 8 heteroatoms. The second-order valence-electron chi connectivity index (χ2n) is 6.49. The fourth-order valence-corrected chi connectivity index (χ4v) is 3.42. The van der Waals surface area contributed by atoms with Crippen molar-refractivity contribution in [1.29, 1.82) is 0 Å². The lowest BCUT2D eigenvalue weighted by atomic mass is 10.1. The zero-order valence-electron chi connectivity index (χ0n) is 16.5. The van der Waals surface area contributed by atoms with Crippen molar-refractivity contribution in [2.24, 2.45) is 5.14 Å². The molecule has 1 atom stereocenters. The lowest BCUT2D eigenvalue weighted by molar-refractivity contribution is -0.131. The number of carbonyl (C=O) groups is 1. The van der Waals surface area contributed by atoms with Crippen molar-refractivity contribution in [2.45, 2.75) is 30.7 Å². The van der Waals surface area contributed by atoms with Crippen LogP contribution < -0.4 is 14.6 Å². The van der Waals surface area contributed by atoms with Gasteiger partial charge in [0, 0.05) is 13.5 Å². The molecule has 0 heterocycles. The summed E-state index contributed by atoms with van der Waals surface area (Å²) < 4.78 is 33.6.